The van der Waals surface area contributed by atoms with Crippen LogP contribution < -0.4 is 9.46 Å². The van der Waals surface area contributed by atoms with E-state index >= 15 is 0 Å². The van der Waals surface area contributed by atoms with Gasteiger partial charge in [-0.05, 0) is 30.7 Å². The van der Waals surface area contributed by atoms with Gasteiger partial charge in [0.1, 0.15) is 5.75 Å². The maximum atomic E-state index is 12.0. The molecule has 0 radical (unpaired) electrons. The predicted molar refractivity (Wildman–Crippen MR) is 67.8 cm³/mol. The lowest BCUT2D eigenvalue weighted by molar-refractivity contribution is -0.274. The maximum absolute atomic E-state index is 12.0. The van der Waals surface area contributed by atoms with Crippen LogP contribution in [0.1, 0.15) is 26.2 Å². The van der Waals surface area contributed by atoms with Crippen LogP contribution in [0.5, 0.6) is 5.75 Å². The Balaban J connectivity index is 2.67. The summed E-state index contributed by atoms with van der Waals surface area (Å²) in [6.07, 6.45) is -2.21. The standard InChI is InChI=1S/C12H16F3NO3S/c1-2-3-4-9-16-20(17,18)11-7-5-10(6-8-11)19-12(13,14)15/h5-8,16H,2-4,9H2,1H3. The van der Waals surface area contributed by atoms with Crippen molar-refractivity contribution in [1.29, 1.82) is 0 Å². The minimum Gasteiger partial charge on any atom is -0.406 e. The molecule has 20 heavy (non-hydrogen) atoms. The Kier molecular flexibility index (Phi) is 5.82. The van der Waals surface area contributed by atoms with Crippen molar-refractivity contribution in [3.8, 4) is 5.75 Å². The molecule has 0 heterocycles. The van der Waals surface area contributed by atoms with Gasteiger partial charge in [0.25, 0.3) is 0 Å². The van der Waals surface area contributed by atoms with Crippen molar-refractivity contribution >= 4 is 10.0 Å². The second-order valence-corrected chi connectivity index (χ2v) is 5.89. The average Bonchev–Trinajstić information content (AvgIpc) is 2.33. The normalized spacial score (nSPS) is 12.4. The first-order valence-corrected chi connectivity index (χ1v) is 7.58. The quantitative estimate of drug-likeness (QED) is 0.787. The van der Waals surface area contributed by atoms with Crippen LogP contribution in [-0.4, -0.2) is 21.3 Å². The Labute approximate surface area is 116 Å². The minimum absolute atomic E-state index is 0.0940. The van der Waals surface area contributed by atoms with E-state index in [4.69, 9.17) is 0 Å². The third-order valence-corrected chi connectivity index (χ3v) is 3.92. The van der Waals surface area contributed by atoms with Crippen LogP contribution in [0.2, 0.25) is 0 Å². The summed E-state index contributed by atoms with van der Waals surface area (Å²) in [5.74, 6) is -0.456. The molecule has 0 aliphatic carbocycles. The molecule has 4 nitrogen and oxygen atoms in total. The monoisotopic (exact) mass is 311 g/mol. The number of alkyl halides is 3. The molecule has 1 N–H and O–H groups in total. The fraction of sp³-hybridized carbons (Fsp3) is 0.500. The Morgan fingerprint density at radius 1 is 1.15 bits per heavy atom. The fourth-order valence-electron chi connectivity index (χ4n) is 1.49. The number of halogens is 3. The van der Waals surface area contributed by atoms with E-state index in [1.165, 1.54) is 0 Å². The average molecular weight is 311 g/mol. The largest absolute Gasteiger partial charge is 0.573 e. The zero-order valence-corrected chi connectivity index (χ0v) is 11.7. The highest BCUT2D eigenvalue weighted by atomic mass is 32.2. The molecule has 8 heteroatoms. The zero-order chi connectivity index (χ0) is 15.2. The summed E-state index contributed by atoms with van der Waals surface area (Å²) < 4.78 is 65.6. The summed E-state index contributed by atoms with van der Waals surface area (Å²) in [5.41, 5.74) is 0. The Morgan fingerprint density at radius 2 is 1.75 bits per heavy atom. The van der Waals surface area contributed by atoms with Gasteiger partial charge in [-0.15, -0.1) is 13.2 Å². The second-order valence-electron chi connectivity index (χ2n) is 4.12. The fourth-order valence-corrected chi connectivity index (χ4v) is 2.56. The molecule has 0 amide bonds. The van der Waals surface area contributed by atoms with Gasteiger partial charge in [0.15, 0.2) is 0 Å². The first-order chi connectivity index (χ1) is 9.24. The molecule has 114 valence electrons. The summed E-state index contributed by atoms with van der Waals surface area (Å²) in [4.78, 5) is -0.0940. The van der Waals surface area contributed by atoms with Gasteiger partial charge in [0, 0.05) is 6.54 Å². The summed E-state index contributed by atoms with van der Waals surface area (Å²) >= 11 is 0. The molecule has 0 unspecified atom stereocenters. The van der Waals surface area contributed by atoms with Crippen LogP contribution in [0.25, 0.3) is 0 Å². The first kappa shape index (κ1) is 16.8. The van der Waals surface area contributed by atoms with Crippen LogP contribution in [0.15, 0.2) is 29.2 Å². The number of benzene rings is 1. The SMILES string of the molecule is CCCCCNS(=O)(=O)c1ccc(OC(F)(F)F)cc1. The number of rotatable bonds is 7. The molecule has 0 aliphatic rings. The predicted octanol–water partition coefficient (Wildman–Crippen LogP) is 3.05. The van der Waals surface area contributed by atoms with E-state index in [1.807, 2.05) is 6.92 Å². The Morgan fingerprint density at radius 3 is 2.25 bits per heavy atom. The molecule has 0 aromatic heterocycles. The molecule has 0 spiro atoms. The van der Waals surface area contributed by atoms with Crippen molar-refractivity contribution in [3.63, 3.8) is 0 Å². The van der Waals surface area contributed by atoms with Gasteiger partial charge < -0.3 is 4.74 Å². The molecule has 0 saturated carbocycles. The van der Waals surface area contributed by atoms with Crippen LogP contribution in [0, 0.1) is 0 Å². The molecule has 1 aromatic carbocycles. The molecular weight excluding hydrogens is 295 g/mol. The lowest BCUT2D eigenvalue weighted by Gasteiger charge is -2.10. The van der Waals surface area contributed by atoms with E-state index in [0.717, 1.165) is 37.1 Å². The third-order valence-electron chi connectivity index (χ3n) is 2.44. The number of hydrogen-bond donors (Lipinski definition) is 1. The zero-order valence-electron chi connectivity index (χ0n) is 10.9. The van der Waals surface area contributed by atoms with Gasteiger partial charge in [-0.2, -0.15) is 0 Å². The van der Waals surface area contributed by atoms with E-state index in [1.54, 1.807) is 0 Å². The second kappa shape index (κ2) is 6.94. The number of hydrogen-bond acceptors (Lipinski definition) is 3. The number of ether oxygens (including phenoxy) is 1. The van der Waals surface area contributed by atoms with Crippen LogP contribution in [-0.2, 0) is 10.0 Å². The molecule has 0 aliphatic heterocycles. The molecule has 0 atom stereocenters. The topological polar surface area (TPSA) is 55.4 Å². The van der Waals surface area contributed by atoms with E-state index in [0.29, 0.717) is 13.0 Å². The summed E-state index contributed by atoms with van der Waals surface area (Å²) in [6.45, 7) is 2.30. The summed E-state index contributed by atoms with van der Waals surface area (Å²) in [7, 11) is -3.69. The molecule has 0 saturated heterocycles. The Bertz CT molecular complexity index is 512. The van der Waals surface area contributed by atoms with E-state index in [2.05, 4.69) is 9.46 Å². The van der Waals surface area contributed by atoms with E-state index in [9.17, 15) is 21.6 Å². The van der Waals surface area contributed by atoms with Crippen molar-refractivity contribution in [1.82, 2.24) is 4.72 Å². The highest BCUT2D eigenvalue weighted by Gasteiger charge is 2.31. The molecule has 0 fully saturated rings. The molecule has 0 bridgehead atoms. The number of sulfonamides is 1. The van der Waals surface area contributed by atoms with Crippen LogP contribution in [0.4, 0.5) is 13.2 Å². The van der Waals surface area contributed by atoms with Crippen molar-refractivity contribution in [2.45, 2.75) is 37.4 Å². The smallest absolute Gasteiger partial charge is 0.406 e. The van der Waals surface area contributed by atoms with E-state index in [-0.39, 0.29) is 4.90 Å². The number of nitrogens with one attached hydrogen (secondary N) is 1. The maximum Gasteiger partial charge on any atom is 0.573 e. The summed E-state index contributed by atoms with van der Waals surface area (Å²) in [5, 5.41) is 0. The Hall–Kier alpha value is -1.28. The van der Waals surface area contributed by atoms with Crippen molar-refractivity contribution in [3.05, 3.63) is 24.3 Å². The van der Waals surface area contributed by atoms with Crippen molar-refractivity contribution in [2.24, 2.45) is 0 Å². The van der Waals surface area contributed by atoms with Gasteiger partial charge in [-0.25, -0.2) is 13.1 Å². The third kappa shape index (κ3) is 5.79. The minimum atomic E-state index is -4.79. The van der Waals surface area contributed by atoms with Crippen molar-refractivity contribution in [2.75, 3.05) is 6.54 Å². The summed E-state index contributed by atoms with van der Waals surface area (Å²) in [6, 6.07) is 4.08. The van der Waals surface area contributed by atoms with Crippen LogP contribution in [0.3, 0.4) is 0 Å². The van der Waals surface area contributed by atoms with Gasteiger partial charge in [0.05, 0.1) is 4.90 Å². The molecule has 1 aromatic rings. The first-order valence-electron chi connectivity index (χ1n) is 6.10. The van der Waals surface area contributed by atoms with Gasteiger partial charge in [-0.3, -0.25) is 0 Å². The number of unbranched alkanes of at least 4 members (excludes halogenated alkanes) is 2. The lowest BCUT2D eigenvalue weighted by Crippen LogP contribution is -2.24. The van der Waals surface area contributed by atoms with Gasteiger partial charge in [-0.1, -0.05) is 19.8 Å². The molecule has 1 rings (SSSR count). The van der Waals surface area contributed by atoms with E-state index < -0.39 is 22.1 Å². The highest BCUT2D eigenvalue weighted by molar-refractivity contribution is 7.89. The van der Waals surface area contributed by atoms with Gasteiger partial charge in [0.2, 0.25) is 10.0 Å². The van der Waals surface area contributed by atoms with Crippen LogP contribution >= 0.6 is 0 Å². The van der Waals surface area contributed by atoms with Crippen molar-refractivity contribution < 1.29 is 26.3 Å². The highest BCUT2D eigenvalue weighted by Crippen LogP contribution is 2.23. The lowest BCUT2D eigenvalue weighted by atomic mass is 10.3. The van der Waals surface area contributed by atoms with Gasteiger partial charge >= 0.3 is 6.36 Å². The molecular formula is C12H16F3NO3S.